The zero-order valence-corrected chi connectivity index (χ0v) is 28.7. The van der Waals surface area contributed by atoms with E-state index in [0.717, 1.165) is 50.3 Å². The fourth-order valence-electron chi connectivity index (χ4n) is 5.74. The van der Waals surface area contributed by atoms with Crippen LogP contribution in [0.2, 0.25) is 0 Å². The van der Waals surface area contributed by atoms with Crippen molar-refractivity contribution in [3.8, 4) is 22.6 Å². The summed E-state index contributed by atoms with van der Waals surface area (Å²) in [7, 11) is 0. The van der Waals surface area contributed by atoms with Gasteiger partial charge in [0, 0.05) is 49.1 Å². The van der Waals surface area contributed by atoms with Gasteiger partial charge in [0.1, 0.15) is 5.82 Å². The van der Waals surface area contributed by atoms with Crippen LogP contribution in [0.15, 0.2) is 176 Å². The van der Waals surface area contributed by atoms with Gasteiger partial charge in [-0.2, -0.15) is 15.0 Å². The molecule has 6 aromatic carbocycles. The number of aromatic nitrogens is 4. The van der Waals surface area contributed by atoms with Crippen LogP contribution in [0.25, 0.3) is 33.4 Å². The number of pyridine rings is 1. The van der Waals surface area contributed by atoms with Gasteiger partial charge in [-0.1, -0.05) is 109 Å². The van der Waals surface area contributed by atoms with E-state index < -0.39 is 0 Å². The van der Waals surface area contributed by atoms with Gasteiger partial charge in [-0.05, 0) is 65.0 Å². The van der Waals surface area contributed by atoms with E-state index in [-0.39, 0.29) is 20.1 Å². The molecular formula is C42H29IrN6-. The average molecular weight is 810 g/mol. The molecule has 0 aliphatic rings. The largest absolute Gasteiger partial charge is 0.304 e. The van der Waals surface area contributed by atoms with Gasteiger partial charge in [-0.15, -0.1) is 29.8 Å². The first-order chi connectivity index (χ1) is 23.8. The number of anilines is 6. The third-order valence-electron chi connectivity index (χ3n) is 8.04. The first-order valence-corrected chi connectivity index (χ1v) is 15.7. The molecule has 0 N–H and O–H groups in total. The molecule has 1 radical (unpaired) electrons. The second-order valence-corrected chi connectivity index (χ2v) is 11.2. The minimum absolute atomic E-state index is 0. The third kappa shape index (κ3) is 6.72. The Morgan fingerprint density at radius 3 is 1.39 bits per heavy atom. The van der Waals surface area contributed by atoms with Crippen molar-refractivity contribution in [3.05, 3.63) is 182 Å². The summed E-state index contributed by atoms with van der Waals surface area (Å²) in [6.07, 6.45) is 1.90. The van der Waals surface area contributed by atoms with Crippen molar-refractivity contribution in [1.82, 2.24) is 19.9 Å². The Balaban J connectivity index is 0.00000378. The van der Waals surface area contributed by atoms with Crippen LogP contribution in [-0.4, -0.2) is 19.9 Å². The molecule has 49 heavy (non-hydrogen) atoms. The minimum atomic E-state index is 0. The van der Waals surface area contributed by atoms with E-state index in [1.165, 1.54) is 0 Å². The summed E-state index contributed by atoms with van der Waals surface area (Å²) < 4.78 is 0. The van der Waals surface area contributed by atoms with Crippen LogP contribution < -0.4 is 9.80 Å². The van der Waals surface area contributed by atoms with E-state index in [2.05, 4.69) is 82.6 Å². The Bertz CT molecular complexity index is 2120. The Hall–Kier alpha value is -6.01. The molecule has 8 aromatic rings. The van der Waals surface area contributed by atoms with Crippen LogP contribution in [0.1, 0.15) is 0 Å². The van der Waals surface area contributed by atoms with E-state index in [4.69, 9.17) is 19.9 Å². The fraction of sp³-hybridized carbons (Fsp3) is 0. The molecule has 237 valence electrons. The van der Waals surface area contributed by atoms with Crippen molar-refractivity contribution in [3.63, 3.8) is 0 Å². The summed E-state index contributed by atoms with van der Waals surface area (Å²) >= 11 is 0. The van der Waals surface area contributed by atoms with Crippen LogP contribution in [0.4, 0.5) is 34.6 Å². The van der Waals surface area contributed by atoms with Crippen LogP contribution >= 0.6 is 0 Å². The van der Waals surface area contributed by atoms with Gasteiger partial charge in [-0.3, -0.25) is 9.80 Å². The van der Waals surface area contributed by atoms with Crippen LogP contribution in [0.5, 0.6) is 0 Å². The number of fused-ring (bicyclic) bond motifs is 1. The quantitative estimate of drug-likeness (QED) is 0.143. The molecule has 0 saturated heterocycles. The summed E-state index contributed by atoms with van der Waals surface area (Å²) in [5, 5.41) is 2.21. The third-order valence-corrected chi connectivity index (χ3v) is 8.04. The Labute approximate surface area is 298 Å². The molecular weight excluding hydrogens is 781 g/mol. The van der Waals surface area contributed by atoms with Crippen LogP contribution in [-0.2, 0) is 20.1 Å². The number of rotatable bonds is 8. The van der Waals surface area contributed by atoms with Crippen LogP contribution in [0.3, 0.4) is 0 Å². The topological polar surface area (TPSA) is 58.0 Å². The predicted octanol–water partition coefficient (Wildman–Crippen LogP) is 10.5. The normalized spacial score (nSPS) is 10.7. The summed E-state index contributed by atoms with van der Waals surface area (Å²) in [4.78, 5) is 24.4. The standard InChI is InChI=1S/C42H29N6.Ir/c1-5-20-35(21-6-1)47(36-22-7-2-8-23-36)41-44-40(33-19-15-18-32(28-33)39-29-31-16-13-14-17-34(31)30-43-39)45-42(46-41)48(37-24-9-3-10-25-37)38-26-11-4-12-27-38;/h1-17,19-30H;/q-1;. The van der Waals surface area contributed by atoms with Crippen molar-refractivity contribution in [2.75, 3.05) is 9.80 Å². The SMILES string of the molecule is [Ir].[c-]1ccc(-c2nc(N(c3ccccc3)c3ccccc3)nc(N(c3ccccc3)c3ccccc3)n2)cc1-c1cc2ccccc2cn1. The van der Waals surface area contributed by atoms with Crippen molar-refractivity contribution < 1.29 is 20.1 Å². The smallest absolute Gasteiger partial charge is 0.239 e. The fourth-order valence-corrected chi connectivity index (χ4v) is 5.74. The molecule has 8 rings (SSSR count). The van der Waals surface area contributed by atoms with E-state index >= 15 is 0 Å². The molecule has 0 saturated carbocycles. The number of nitrogens with zero attached hydrogens (tertiary/aromatic N) is 6. The number of para-hydroxylation sites is 4. The van der Waals surface area contributed by atoms with Crippen molar-refractivity contribution in [2.45, 2.75) is 0 Å². The first kappa shape index (κ1) is 31.6. The molecule has 2 heterocycles. The van der Waals surface area contributed by atoms with E-state index in [9.17, 15) is 0 Å². The molecule has 0 amide bonds. The summed E-state index contributed by atoms with van der Waals surface area (Å²) in [6, 6.07) is 60.3. The Morgan fingerprint density at radius 1 is 0.449 bits per heavy atom. The number of benzene rings is 6. The van der Waals surface area contributed by atoms with Gasteiger partial charge in [-0.25, -0.2) is 0 Å². The molecule has 0 bridgehead atoms. The zero-order chi connectivity index (χ0) is 32.1. The van der Waals surface area contributed by atoms with Gasteiger partial charge in [0.25, 0.3) is 0 Å². The van der Waals surface area contributed by atoms with Crippen LogP contribution in [0, 0.1) is 6.07 Å². The van der Waals surface area contributed by atoms with Gasteiger partial charge in [0.05, 0.1) is 0 Å². The molecule has 0 aliphatic carbocycles. The van der Waals surface area contributed by atoms with Crippen molar-refractivity contribution in [1.29, 1.82) is 0 Å². The maximum atomic E-state index is 5.19. The van der Waals surface area contributed by atoms with Crippen molar-refractivity contribution in [2.24, 2.45) is 0 Å². The van der Waals surface area contributed by atoms with Gasteiger partial charge >= 0.3 is 0 Å². The van der Waals surface area contributed by atoms with Gasteiger partial charge in [0.15, 0.2) is 0 Å². The molecule has 6 nitrogen and oxygen atoms in total. The molecule has 0 unspecified atom stereocenters. The van der Waals surface area contributed by atoms with Gasteiger partial charge in [0.2, 0.25) is 11.9 Å². The second kappa shape index (κ2) is 14.4. The number of hydrogen-bond acceptors (Lipinski definition) is 6. The Morgan fingerprint density at radius 2 is 0.898 bits per heavy atom. The molecule has 0 fully saturated rings. The first-order valence-electron chi connectivity index (χ1n) is 15.7. The zero-order valence-electron chi connectivity index (χ0n) is 26.3. The predicted molar refractivity (Wildman–Crippen MR) is 194 cm³/mol. The maximum absolute atomic E-state index is 5.19. The summed E-state index contributed by atoms with van der Waals surface area (Å²) in [5.41, 5.74) is 6.23. The maximum Gasteiger partial charge on any atom is 0.239 e. The summed E-state index contributed by atoms with van der Waals surface area (Å²) in [6.45, 7) is 0. The van der Waals surface area contributed by atoms with Crippen molar-refractivity contribution >= 4 is 45.4 Å². The molecule has 0 aliphatic heterocycles. The van der Waals surface area contributed by atoms with E-state index in [1.54, 1.807) is 0 Å². The number of hydrogen-bond donors (Lipinski definition) is 0. The van der Waals surface area contributed by atoms with E-state index in [1.807, 2.05) is 109 Å². The average Bonchev–Trinajstić information content (AvgIpc) is 3.17. The van der Waals surface area contributed by atoms with Gasteiger partial charge < -0.3 is 4.98 Å². The molecule has 2 aromatic heterocycles. The summed E-state index contributed by atoms with van der Waals surface area (Å²) in [5.74, 6) is 1.50. The minimum Gasteiger partial charge on any atom is -0.304 e. The second-order valence-electron chi connectivity index (χ2n) is 11.2. The molecule has 0 atom stereocenters. The van der Waals surface area contributed by atoms with E-state index in [0.29, 0.717) is 17.7 Å². The monoisotopic (exact) mass is 810 g/mol. The molecule has 0 spiro atoms. The Kier molecular flexibility index (Phi) is 9.28. The molecule has 7 heteroatoms.